The van der Waals surface area contributed by atoms with Crippen molar-refractivity contribution in [1.82, 2.24) is 4.90 Å². The van der Waals surface area contributed by atoms with Crippen LogP contribution in [0, 0.1) is 0 Å². The lowest BCUT2D eigenvalue weighted by Crippen LogP contribution is -2.42. The molecule has 1 saturated heterocycles. The third-order valence-corrected chi connectivity index (χ3v) is 7.37. The first-order valence-electron chi connectivity index (χ1n) is 9.10. The Balaban J connectivity index is 1.54. The number of amides is 1. The summed E-state index contributed by atoms with van der Waals surface area (Å²) >= 11 is 1.70. The summed E-state index contributed by atoms with van der Waals surface area (Å²) in [6.45, 7) is 3.16. The van der Waals surface area contributed by atoms with Gasteiger partial charge in [-0.25, -0.2) is 13.6 Å². The molecule has 0 bridgehead atoms. The maximum Gasteiger partial charge on any atom is 0.242 e. The molecular formula is C19H23N3O3S2. The highest BCUT2D eigenvalue weighted by Crippen LogP contribution is 2.37. The minimum atomic E-state index is -3.72. The van der Waals surface area contributed by atoms with Crippen molar-refractivity contribution in [2.45, 2.75) is 43.2 Å². The van der Waals surface area contributed by atoms with Crippen LogP contribution in [0.5, 0.6) is 0 Å². The van der Waals surface area contributed by atoms with Gasteiger partial charge in [-0.05, 0) is 61.4 Å². The molecule has 2 atom stereocenters. The number of hydrogen-bond donors (Lipinski definition) is 1. The fourth-order valence-corrected chi connectivity index (χ4v) is 5.61. The first-order valence-corrected chi connectivity index (χ1v) is 11.5. The van der Waals surface area contributed by atoms with Crippen molar-refractivity contribution in [3.05, 3.63) is 46.2 Å². The maximum atomic E-state index is 13.1. The van der Waals surface area contributed by atoms with Crippen LogP contribution >= 0.6 is 11.3 Å². The molecule has 1 aromatic heterocycles. The lowest BCUT2D eigenvalue weighted by molar-refractivity contribution is -0.130. The van der Waals surface area contributed by atoms with Crippen LogP contribution < -0.4 is 10.0 Å². The number of carbonyl (C=O) groups is 1. The Hall–Kier alpha value is -1.90. The SMILES string of the molecule is CC1Cc2cc(S(N)(=O)=O)ccc2N1CC(=O)N1CCCC1c1cccs1. The molecule has 6 nitrogen and oxygen atoms in total. The van der Waals surface area contributed by atoms with Gasteiger partial charge in [-0.2, -0.15) is 0 Å². The zero-order chi connectivity index (χ0) is 19.2. The van der Waals surface area contributed by atoms with Gasteiger partial charge in [0.15, 0.2) is 0 Å². The number of fused-ring (bicyclic) bond motifs is 1. The molecule has 1 aromatic carbocycles. The molecule has 2 N–H and O–H groups in total. The number of rotatable bonds is 4. The summed E-state index contributed by atoms with van der Waals surface area (Å²) in [5.41, 5.74) is 1.85. The van der Waals surface area contributed by atoms with Crippen LogP contribution in [0.1, 0.15) is 36.2 Å². The molecule has 0 spiro atoms. The van der Waals surface area contributed by atoms with Crippen molar-refractivity contribution in [3.63, 3.8) is 0 Å². The van der Waals surface area contributed by atoms with Gasteiger partial charge in [0.25, 0.3) is 0 Å². The largest absolute Gasteiger partial charge is 0.359 e. The van der Waals surface area contributed by atoms with Crippen molar-refractivity contribution in [1.29, 1.82) is 0 Å². The van der Waals surface area contributed by atoms with Gasteiger partial charge in [0.1, 0.15) is 0 Å². The van der Waals surface area contributed by atoms with Crippen LogP contribution in [0.4, 0.5) is 5.69 Å². The molecule has 0 aliphatic carbocycles. The minimum Gasteiger partial charge on any atom is -0.359 e. The number of benzene rings is 1. The molecule has 1 amide bonds. The van der Waals surface area contributed by atoms with Crippen molar-refractivity contribution < 1.29 is 13.2 Å². The van der Waals surface area contributed by atoms with Gasteiger partial charge in [-0.3, -0.25) is 4.79 Å². The molecule has 4 rings (SSSR count). The van der Waals surface area contributed by atoms with Crippen molar-refractivity contribution in [2.24, 2.45) is 5.14 Å². The third-order valence-electron chi connectivity index (χ3n) is 5.49. The summed E-state index contributed by atoms with van der Waals surface area (Å²) in [7, 11) is -3.72. The van der Waals surface area contributed by atoms with E-state index in [1.165, 1.54) is 10.9 Å². The standard InChI is InChI=1S/C19H23N3O3S2/c1-13-10-14-11-15(27(20,24)25)6-7-16(14)22(13)12-19(23)21-8-2-4-17(21)18-5-3-9-26-18/h3,5-7,9,11,13,17H,2,4,8,10,12H2,1H3,(H2,20,24,25). The number of hydrogen-bond acceptors (Lipinski definition) is 5. The number of primary sulfonamides is 1. The Morgan fingerprint density at radius 3 is 2.85 bits per heavy atom. The predicted octanol–water partition coefficient (Wildman–Crippen LogP) is 2.51. The van der Waals surface area contributed by atoms with E-state index in [9.17, 15) is 13.2 Å². The summed E-state index contributed by atoms with van der Waals surface area (Å²) in [6.07, 6.45) is 2.74. The highest BCUT2D eigenvalue weighted by Gasteiger charge is 2.34. The quantitative estimate of drug-likeness (QED) is 0.847. The Bertz CT molecular complexity index is 957. The Morgan fingerprint density at radius 2 is 2.15 bits per heavy atom. The highest BCUT2D eigenvalue weighted by molar-refractivity contribution is 7.89. The number of nitrogens with two attached hydrogens (primary N) is 1. The topological polar surface area (TPSA) is 83.7 Å². The number of sulfonamides is 1. The van der Waals surface area contributed by atoms with Crippen LogP contribution in [0.3, 0.4) is 0 Å². The first-order chi connectivity index (χ1) is 12.8. The van der Waals surface area contributed by atoms with Gasteiger partial charge in [0, 0.05) is 23.2 Å². The van der Waals surface area contributed by atoms with E-state index < -0.39 is 10.0 Å². The fourth-order valence-electron chi connectivity index (χ4n) is 4.17. The van der Waals surface area contributed by atoms with Gasteiger partial charge < -0.3 is 9.80 Å². The highest BCUT2D eigenvalue weighted by atomic mass is 32.2. The molecular weight excluding hydrogens is 382 g/mol. The van der Waals surface area contributed by atoms with Crippen LogP contribution in [-0.4, -0.2) is 38.4 Å². The summed E-state index contributed by atoms with van der Waals surface area (Å²) in [5, 5.41) is 7.30. The summed E-state index contributed by atoms with van der Waals surface area (Å²) in [4.78, 5) is 18.5. The minimum absolute atomic E-state index is 0.124. The van der Waals surface area contributed by atoms with Gasteiger partial charge in [0.05, 0.1) is 17.5 Å². The van der Waals surface area contributed by atoms with Crippen LogP contribution in [0.15, 0.2) is 40.6 Å². The first kappa shape index (κ1) is 18.5. The average molecular weight is 406 g/mol. The second kappa shape index (κ2) is 6.92. The molecule has 2 aliphatic rings. The van der Waals surface area contributed by atoms with E-state index in [0.29, 0.717) is 13.0 Å². The molecule has 2 aromatic rings. The molecule has 0 saturated carbocycles. The number of thiophene rings is 1. The fraction of sp³-hybridized carbons (Fsp3) is 0.421. The van der Waals surface area contributed by atoms with Gasteiger partial charge in [-0.1, -0.05) is 6.07 Å². The van der Waals surface area contributed by atoms with E-state index in [2.05, 4.69) is 23.3 Å². The number of anilines is 1. The molecule has 3 heterocycles. The third kappa shape index (κ3) is 3.49. The van der Waals surface area contributed by atoms with Crippen LogP contribution in [0.25, 0.3) is 0 Å². The smallest absolute Gasteiger partial charge is 0.242 e. The van der Waals surface area contributed by atoms with Crippen LogP contribution in [0.2, 0.25) is 0 Å². The number of carbonyl (C=O) groups excluding carboxylic acids is 1. The van der Waals surface area contributed by atoms with Gasteiger partial charge in [0.2, 0.25) is 15.9 Å². The molecule has 2 aliphatic heterocycles. The molecule has 8 heteroatoms. The van der Waals surface area contributed by atoms with Crippen LogP contribution in [-0.2, 0) is 21.2 Å². The Morgan fingerprint density at radius 1 is 1.33 bits per heavy atom. The second-order valence-corrected chi connectivity index (χ2v) is 9.82. The van der Waals surface area contributed by atoms with Gasteiger partial charge in [-0.15, -0.1) is 11.3 Å². The summed E-state index contributed by atoms with van der Waals surface area (Å²) < 4.78 is 23.2. The van der Waals surface area contributed by atoms with E-state index in [1.54, 1.807) is 23.5 Å². The molecule has 0 radical (unpaired) electrons. The van der Waals surface area contributed by atoms with Crippen molar-refractivity contribution in [2.75, 3.05) is 18.0 Å². The van der Waals surface area contributed by atoms with Gasteiger partial charge >= 0.3 is 0 Å². The van der Waals surface area contributed by atoms with Crippen molar-refractivity contribution >= 4 is 33.0 Å². The lowest BCUT2D eigenvalue weighted by Gasteiger charge is -2.30. The van der Waals surface area contributed by atoms with E-state index in [4.69, 9.17) is 5.14 Å². The summed E-state index contributed by atoms with van der Waals surface area (Å²) in [5.74, 6) is 0.126. The molecule has 2 unspecified atom stereocenters. The maximum absolute atomic E-state index is 13.1. The van der Waals surface area contributed by atoms with E-state index in [-0.39, 0.29) is 22.9 Å². The zero-order valence-corrected chi connectivity index (χ0v) is 16.8. The van der Waals surface area contributed by atoms with E-state index in [1.807, 2.05) is 11.0 Å². The predicted molar refractivity (Wildman–Crippen MR) is 106 cm³/mol. The normalized spacial score (nSPS) is 22.3. The summed E-state index contributed by atoms with van der Waals surface area (Å²) in [6, 6.07) is 9.38. The van der Waals surface area contributed by atoms with E-state index >= 15 is 0 Å². The Labute approximate surface area is 163 Å². The number of nitrogens with zero attached hydrogens (tertiary/aromatic N) is 2. The molecule has 1 fully saturated rings. The second-order valence-electron chi connectivity index (χ2n) is 7.28. The molecule has 144 valence electrons. The lowest BCUT2D eigenvalue weighted by atomic mass is 10.1. The molecule has 27 heavy (non-hydrogen) atoms. The Kier molecular flexibility index (Phi) is 4.73. The van der Waals surface area contributed by atoms with E-state index in [0.717, 1.165) is 30.6 Å². The monoisotopic (exact) mass is 405 g/mol. The number of likely N-dealkylation sites (tertiary alicyclic amines) is 1. The average Bonchev–Trinajstić information content (AvgIpc) is 3.33. The van der Waals surface area contributed by atoms with Crippen molar-refractivity contribution in [3.8, 4) is 0 Å². The zero-order valence-electron chi connectivity index (χ0n) is 15.2.